The van der Waals surface area contributed by atoms with Gasteiger partial charge in [-0.1, -0.05) is 0 Å². The lowest BCUT2D eigenvalue weighted by molar-refractivity contribution is 0.0172. The second-order valence-electron chi connectivity index (χ2n) is 5.60. The number of hydrogen-bond acceptors (Lipinski definition) is 4. The van der Waals surface area contributed by atoms with Crippen LogP contribution < -0.4 is 0 Å². The van der Waals surface area contributed by atoms with E-state index in [0.29, 0.717) is 0 Å². The summed E-state index contributed by atoms with van der Waals surface area (Å²) in [4.78, 5) is 2.41. The largest absolute Gasteiger partial charge is 0.394 e. The minimum Gasteiger partial charge on any atom is -0.394 e. The van der Waals surface area contributed by atoms with Crippen molar-refractivity contribution in [2.75, 3.05) is 19.7 Å². The number of nitrogens with zero attached hydrogens (tertiary/aromatic N) is 3. The number of aromatic nitrogens is 2. The van der Waals surface area contributed by atoms with Crippen LogP contribution >= 0.6 is 0 Å². The predicted octanol–water partition coefficient (Wildman–Crippen LogP) is 0.899. The molecule has 0 saturated carbocycles. The lowest BCUT2D eigenvalue weighted by Crippen LogP contribution is -2.38. The molecule has 2 N–H and O–H groups in total. The van der Waals surface area contributed by atoms with E-state index >= 15 is 0 Å². The summed E-state index contributed by atoms with van der Waals surface area (Å²) in [5.41, 5.74) is 2.41. The monoisotopic (exact) mass is 275 g/mol. The highest BCUT2D eigenvalue weighted by Gasteiger charge is 2.24. The molecule has 0 bridgehead atoms. The zero-order valence-corrected chi connectivity index (χ0v) is 11.5. The number of aliphatic hydroxyl groups excluding tert-OH is 2. The van der Waals surface area contributed by atoms with E-state index in [9.17, 15) is 5.11 Å². The standard InChI is InChI=1S/C15H21N3O2/c19-11-15(20)13-3-6-17(7-4-13)10-12-2-8-18-14(9-12)1-5-16-18/h1-2,5,8-9,13,15,19-20H,3-4,6-7,10-11H2. The van der Waals surface area contributed by atoms with Gasteiger partial charge in [-0.25, -0.2) is 4.52 Å². The molecule has 0 amide bonds. The molecule has 1 fully saturated rings. The first-order valence-corrected chi connectivity index (χ1v) is 7.20. The lowest BCUT2D eigenvalue weighted by atomic mass is 9.91. The van der Waals surface area contributed by atoms with Gasteiger partial charge < -0.3 is 10.2 Å². The van der Waals surface area contributed by atoms with E-state index in [1.165, 1.54) is 5.56 Å². The maximum absolute atomic E-state index is 9.68. The number of fused-ring (bicyclic) bond motifs is 1. The number of likely N-dealkylation sites (tertiary alicyclic amines) is 1. The maximum Gasteiger partial charge on any atom is 0.0799 e. The summed E-state index contributed by atoms with van der Waals surface area (Å²) >= 11 is 0. The minimum absolute atomic E-state index is 0.122. The molecule has 108 valence electrons. The van der Waals surface area contributed by atoms with Gasteiger partial charge in [-0.3, -0.25) is 4.90 Å². The molecule has 1 unspecified atom stereocenters. The first kappa shape index (κ1) is 13.5. The molecule has 1 aliphatic rings. The van der Waals surface area contributed by atoms with E-state index in [1.54, 1.807) is 6.20 Å². The summed E-state index contributed by atoms with van der Waals surface area (Å²) in [5, 5.41) is 22.9. The number of pyridine rings is 1. The van der Waals surface area contributed by atoms with Crippen LogP contribution in [0.25, 0.3) is 5.52 Å². The van der Waals surface area contributed by atoms with E-state index in [2.05, 4.69) is 22.1 Å². The molecular formula is C15H21N3O2. The van der Waals surface area contributed by atoms with E-state index in [1.807, 2.05) is 16.8 Å². The molecule has 3 heterocycles. The van der Waals surface area contributed by atoms with Crippen molar-refractivity contribution in [3.8, 4) is 0 Å². The Morgan fingerprint density at radius 1 is 1.30 bits per heavy atom. The van der Waals surface area contributed by atoms with Crippen LogP contribution in [0.3, 0.4) is 0 Å². The zero-order chi connectivity index (χ0) is 13.9. The zero-order valence-electron chi connectivity index (χ0n) is 11.5. The third kappa shape index (κ3) is 2.85. The third-order valence-electron chi connectivity index (χ3n) is 4.23. The molecule has 0 aliphatic carbocycles. The van der Waals surface area contributed by atoms with Crippen molar-refractivity contribution < 1.29 is 10.2 Å². The molecule has 5 nitrogen and oxygen atoms in total. The molecule has 5 heteroatoms. The van der Waals surface area contributed by atoms with Crippen molar-refractivity contribution in [2.24, 2.45) is 5.92 Å². The SMILES string of the molecule is OCC(O)C1CCN(Cc2ccn3nccc3c2)CC1. The van der Waals surface area contributed by atoms with Gasteiger partial charge in [0.25, 0.3) is 0 Å². The van der Waals surface area contributed by atoms with Crippen molar-refractivity contribution >= 4 is 5.52 Å². The molecule has 1 saturated heterocycles. The van der Waals surface area contributed by atoms with Crippen LogP contribution in [0.5, 0.6) is 0 Å². The Hall–Kier alpha value is -1.43. The van der Waals surface area contributed by atoms with Crippen molar-refractivity contribution in [2.45, 2.75) is 25.5 Å². The summed E-state index contributed by atoms with van der Waals surface area (Å²) in [6.07, 6.45) is 5.15. The van der Waals surface area contributed by atoms with Crippen LogP contribution in [-0.2, 0) is 6.54 Å². The maximum atomic E-state index is 9.68. The fourth-order valence-corrected chi connectivity index (χ4v) is 2.97. The van der Waals surface area contributed by atoms with Crippen molar-refractivity contribution in [3.05, 3.63) is 36.2 Å². The normalized spacial score (nSPS) is 19.5. The summed E-state index contributed by atoms with van der Waals surface area (Å²) in [6, 6.07) is 6.28. The molecular weight excluding hydrogens is 254 g/mol. The van der Waals surface area contributed by atoms with E-state index in [4.69, 9.17) is 5.11 Å². The highest BCUT2D eigenvalue weighted by molar-refractivity contribution is 5.47. The molecule has 2 aromatic rings. The lowest BCUT2D eigenvalue weighted by Gasteiger charge is -2.33. The molecule has 2 aromatic heterocycles. The van der Waals surface area contributed by atoms with E-state index in [0.717, 1.165) is 38.0 Å². The highest BCUT2D eigenvalue weighted by atomic mass is 16.3. The fourth-order valence-electron chi connectivity index (χ4n) is 2.97. The van der Waals surface area contributed by atoms with Gasteiger partial charge in [0, 0.05) is 18.9 Å². The first-order valence-electron chi connectivity index (χ1n) is 7.20. The van der Waals surface area contributed by atoms with E-state index in [-0.39, 0.29) is 12.5 Å². The van der Waals surface area contributed by atoms with E-state index < -0.39 is 6.10 Å². The second-order valence-corrected chi connectivity index (χ2v) is 5.60. The van der Waals surface area contributed by atoms with Gasteiger partial charge in [-0.15, -0.1) is 0 Å². The quantitative estimate of drug-likeness (QED) is 0.870. The Morgan fingerprint density at radius 3 is 2.85 bits per heavy atom. The number of aliphatic hydroxyl groups is 2. The molecule has 0 aromatic carbocycles. The van der Waals surface area contributed by atoms with Gasteiger partial charge in [-0.2, -0.15) is 5.10 Å². The number of rotatable bonds is 4. The molecule has 1 atom stereocenters. The Kier molecular flexibility index (Phi) is 4.00. The van der Waals surface area contributed by atoms with Gasteiger partial charge in [0.15, 0.2) is 0 Å². The van der Waals surface area contributed by atoms with Crippen molar-refractivity contribution in [1.82, 2.24) is 14.5 Å². The number of piperidine rings is 1. The molecule has 0 radical (unpaired) electrons. The van der Waals surface area contributed by atoms with Gasteiger partial charge in [-0.05, 0) is 55.6 Å². The summed E-state index contributed by atoms with van der Waals surface area (Å²) in [6.45, 7) is 2.77. The highest BCUT2D eigenvalue weighted by Crippen LogP contribution is 2.22. The average Bonchev–Trinajstić information content (AvgIpc) is 2.95. The molecule has 1 aliphatic heterocycles. The Bertz CT molecular complexity index is 561. The number of hydrogen-bond donors (Lipinski definition) is 2. The molecule has 20 heavy (non-hydrogen) atoms. The Balaban J connectivity index is 1.59. The van der Waals surface area contributed by atoms with Gasteiger partial charge in [0.1, 0.15) is 0 Å². The van der Waals surface area contributed by atoms with Crippen LogP contribution in [0.15, 0.2) is 30.6 Å². The molecule has 0 spiro atoms. The predicted molar refractivity (Wildman–Crippen MR) is 76.3 cm³/mol. The average molecular weight is 275 g/mol. The minimum atomic E-state index is -0.555. The van der Waals surface area contributed by atoms with Crippen molar-refractivity contribution in [3.63, 3.8) is 0 Å². The fraction of sp³-hybridized carbons (Fsp3) is 0.533. The smallest absolute Gasteiger partial charge is 0.0799 e. The second kappa shape index (κ2) is 5.91. The first-order chi connectivity index (χ1) is 9.76. The summed E-state index contributed by atoms with van der Waals surface area (Å²) in [7, 11) is 0. The Labute approximate surface area is 118 Å². The van der Waals surface area contributed by atoms with Gasteiger partial charge in [0.05, 0.1) is 18.2 Å². The summed E-state index contributed by atoms with van der Waals surface area (Å²) in [5.74, 6) is 0.244. The van der Waals surface area contributed by atoms with Crippen LogP contribution in [0.4, 0.5) is 0 Å². The Morgan fingerprint density at radius 2 is 2.10 bits per heavy atom. The molecule has 3 rings (SSSR count). The summed E-state index contributed by atoms with van der Waals surface area (Å²) < 4.78 is 1.87. The van der Waals surface area contributed by atoms with Crippen LogP contribution in [0.2, 0.25) is 0 Å². The van der Waals surface area contributed by atoms with Crippen LogP contribution in [0, 0.1) is 5.92 Å². The third-order valence-corrected chi connectivity index (χ3v) is 4.23. The van der Waals surface area contributed by atoms with Crippen molar-refractivity contribution in [1.29, 1.82) is 0 Å². The topological polar surface area (TPSA) is 61.0 Å². The van der Waals surface area contributed by atoms with Gasteiger partial charge >= 0.3 is 0 Å². The van der Waals surface area contributed by atoms with Gasteiger partial charge in [0.2, 0.25) is 0 Å². The van der Waals surface area contributed by atoms with Crippen LogP contribution in [-0.4, -0.2) is 50.5 Å². The van der Waals surface area contributed by atoms with Crippen LogP contribution in [0.1, 0.15) is 18.4 Å².